The van der Waals surface area contributed by atoms with E-state index in [9.17, 15) is 9.90 Å². The van der Waals surface area contributed by atoms with Gasteiger partial charge in [0.2, 0.25) is 5.91 Å². The molecule has 2 N–H and O–H groups in total. The Balaban J connectivity index is 1.86. The molecule has 0 spiro atoms. The SMILES string of the molecule is Cc1cc(C(C)(O)CNC(=O)CCc2ccco2)c(C)o1. The molecule has 0 bridgehead atoms. The number of hydrogen-bond acceptors (Lipinski definition) is 4. The van der Waals surface area contributed by atoms with Gasteiger partial charge in [-0.3, -0.25) is 4.79 Å². The molecule has 5 nitrogen and oxygen atoms in total. The Morgan fingerprint density at radius 1 is 1.43 bits per heavy atom. The molecule has 2 aromatic rings. The van der Waals surface area contributed by atoms with Gasteiger partial charge in [-0.1, -0.05) is 0 Å². The monoisotopic (exact) mass is 291 g/mol. The predicted molar refractivity (Wildman–Crippen MR) is 77.8 cm³/mol. The average Bonchev–Trinajstić information content (AvgIpc) is 3.04. The average molecular weight is 291 g/mol. The lowest BCUT2D eigenvalue weighted by molar-refractivity contribution is -0.122. The number of furan rings is 2. The van der Waals surface area contributed by atoms with Crippen LogP contribution < -0.4 is 5.32 Å². The number of carbonyl (C=O) groups is 1. The Morgan fingerprint density at radius 3 is 2.76 bits per heavy atom. The summed E-state index contributed by atoms with van der Waals surface area (Å²) in [4.78, 5) is 11.8. The van der Waals surface area contributed by atoms with E-state index in [0.29, 0.717) is 24.2 Å². The van der Waals surface area contributed by atoms with Crippen molar-refractivity contribution in [2.75, 3.05) is 6.54 Å². The van der Waals surface area contributed by atoms with E-state index in [2.05, 4.69) is 5.32 Å². The van der Waals surface area contributed by atoms with Crippen molar-refractivity contribution in [1.29, 1.82) is 0 Å². The highest BCUT2D eigenvalue weighted by molar-refractivity contribution is 5.76. The number of amides is 1. The minimum atomic E-state index is -1.15. The predicted octanol–water partition coefficient (Wildman–Crippen LogP) is 2.45. The van der Waals surface area contributed by atoms with Crippen molar-refractivity contribution in [2.45, 2.75) is 39.2 Å². The second kappa shape index (κ2) is 6.18. The van der Waals surface area contributed by atoms with Crippen LogP contribution in [0.2, 0.25) is 0 Å². The lowest BCUT2D eigenvalue weighted by Gasteiger charge is -2.23. The van der Waals surface area contributed by atoms with E-state index in [1.807, 2.05) is 13.0 Å². The summed E-state index contributed by atoms with van der Waals surface area (Å²) in [6.07, 6.45) is 2.46. The highest BCUT2D eigenvalue weighted by Crippen LogP contribution is 2.26. The van der Waals surface area contributed by atoms with Crippen molar-refractivity contribution in [1.82, 2.24) is 5.32 Å². The molecule has 0 aliphatic rings. The molecular weight excluding hydrogens is 270 g/mol. The minimum Gasteiger partial charge on any atom is -0.469 e. The van der Waals surface area contributed by atoms with Gasteiger partial charge in [0.15, 0.2) is 0 Å². The Hall–Kier alpha value is -2.01. The standard InChI is InChI=1S/C16H21NO4/c1-11-9-14(12(2)21-11)16(3,19)10-17-15(18)7-6-13-5-4-8-20-13/h4-5,8-9,19H,6-7,10H2,1-3H3,(H,17,18). The highest BCUT2D eigenvalue weighted by Gasteiger charge is 2.28. The van der Waals surface area contributed by atoms with Gasteiger partial charge >= 0.3 is 0 Å². The lowest BCUT2D eigenvalue weighted by atomic mass is 9.96. The van der Waals surface area contributed by atoms with Crippen molar-refractivity contribution < 1.29 is 18.7 Å². The largest absolute Gasteiger partial charge is 0.469 e. The maximum Gasteiger partial charge on any atom is 0.220 e. The minimum absolute atomic E-state index is 0.121. The van der Waals surface area contributed by atoms with Crippen molar-refractivity contribution in [3.05, 3.63) is 47.3 Å². The lowest BCUT2D eigenvalue weighted by Crippen LogP contribution is -2.38. The van der Waals surface area contributed by atoms with E-state index in [1.165, 1.54) is 0 Å². The molecule has 0 radical (unpaired) electrons. The third-order valence-corrected chi connectivity index (χ3v) is 3.43. The normalized spacial score (nSPS) is 13.9. The van der Waals surface area contributed by atoms with E-state index >= 15 is 0 Å². The number of aliphatic hydroxyl groups is 1. The maximum atomic E-state index is 11.8. The topological polar surface area (TPSA) is 75.6 Å². The second-order valence-electron chi connectivity index (χ2n) is 5.46. The van der Waals surface area contributed by atoms with E-state index in [1.54, 1.807) is 32.2 Å². The summed E-state index contributed by atoms with van der Waals surface area (Å²) in [5.74, 6) is 2.07. The van der Waals surface area contributed by atoms with Crippen LogP contribution in [0.4, 0.5) is 0 Å². The number of aryl methyl sites for hydroxylation is 3. The Labute approximate surface area is 124 Å². The number of nitrogens with one attached hydrogen (secondary N) is 1. The fourth-order valence-corrected chi connectivity index (χ4v) is 2.31. The molecule has 114 valence electrons. The zero-order valence-electron chi connectivity index (χ0n) is 12.6. The zero-order chi connectivity index (χ0) is 15.5. The maximum absolute atomic E-state index is 11.8. The summed E-state index contributed by atoms with van der Waals surface area (Å²) in [6.45, 7) is 5.44. The fourth-order valence-electron chi connectivity index (χ4n) is 2.31. The Kier molecular flexibility index (Phi) is 4.53. The first-order valence-electron chi connectivity index (χ1n) is 6.97. The third-order valence-electron chi connectivity index (χ3n) is 3.43. The number of hydrogen-bond donors (Lipinski definition) is 2. The molecule has 0 saturated heterocycles. The highest BCUT2D eigenvalue weighted by atomic mass is 16.3. The molecule has 0 saturated carbocycles. The number of carbonyl (C=O) groups excluding carboxylic acids is 1. The van der Waals surface area contributed by atoms with Gasteiger partial charge in [-0.05, 0) is 39.0 Å². The molecule has 0 fully saturated rings. The van der Waals surface area contributed by atoms with Gasteiger partial charge in [0.1, 0.15) is 22.9 Å². The molecule has 0 aliphatic carbocycles. The van der Waals surface area contributed by atoms with Crippen LogP contribution in [-0.2, 0) is 16.8 Å². The fraction of sp³-hybridized carbons (Fsp3) is 0.438. The van der Waals surface area contributed by atoms with Crippen LogP contribution in [0.25, 0.3) is 0 Å². The van der Waals surface area contributed by atoms with Crippen molar-refractivity contribution in [3.8, 4) is 0 Å². The molecule has 1 atom stereocenters. The van der Waals surface area contributed by atoms with E-state index < -0.39 is 5.60 Å². The molecule has 2 heterocycles. The van der Waals surface area contributed by atoms with E-state index in [4.69, 9.17) is 8.83 Å². The van der Waals surface area contributed by atoms with E-state index in [0.717, 1.165) is 11.5 Å². The van der Waals surface area contributed by atoms with Crippen molar-refractivity contribution in [2.24, 2.45) is 0 Å². The second-order valence-corrected chi connectivity index (χ2v) is 5.46. The molecule has 0 aliphatic heterocycles. The molecule has 21 heavy (non-hydrogen) atoms. The summed E-state index contributed by atoms with van der Waals surface area (Å²) in [6, 6.07) is 5.42. The number of rotatable bonds is 6. The third kappa shape index (κ3) is 3.98. The summed E-state index contributed by atoms with van der Waals surface area (Å²) in [7, 11) is 0. The molecule has 5 heteroatoms. The van der Waals surface area contributed by atoms with Crippen molar-refractivity contribution >= 4 is 5.91 Å². The van der Waals surface area contributed by atoms with Crippen LogP contribution in [0.15, 0.2) is 33.3 Å². The van der Waals surface area contributed by atoms with Gasteiger partial charge in [0.05, 0.1) is 12.8 Å². The molecule has 2 rings (SSSR count). The summed E-state index contributed by atoms with van der Waals surface area (Å²) >= 11 is 0. The van der Waals surface area contributed by atoms with Gasteiger partial charge in [-0.2, -0.15) is 0 Å². The molecule has 0 aromatic carbocycles. The van der Waals surface area contributed by atoms with Gasteiger partial charge in [0.25, 0.3) is 0 Å². The first-order chi connectivity index (χ1) is 9.88. The molecular formula is C16H21NO4. The van der Waals surface area contributed by atoms with E-state index in [-0.39, 0.29) is 12.5 Å². The molecule has 1 unspecified atom stereocenters. The molecule has 2 aromatic heterocycles. The van der Waals surface area contributed by atoms with Crippen LogP contribution >= 0.6 is 0 Å². The van der Waals surface area contributed by atoms with Gasteiger partial charge < -0.3 is 19.3 Å². The summed E-state index contributed by atoms with van der Waals surface area (Å²) in [5, 5.41) is 13.2. The molecule has 1 amide bonds. The van der Waals surface area contributed by atoms with Crippen LogP contribution in [0.3, 0.4) is 0 Å². The van der Waals surface area contributed by atoms with Crippen LogP contribution in [0, 0.1) is 13.8 Å². The van der Waals surface area contributed by atoms with Crippen LogP contribution in [0.1, 0.15) is 36.2 Å². The van der Waals surface area contributed by atoms with Crippen molar-refractivity contribution in [3.63, 3.8) is 0 Å². The van der Waals surface area contributed by atoms with Gasteiger partial charge in [0, 0.05) is 18.4 Å². The Morgan fingerprint density at radius 2 is 2.19 bits per heavy atom. The van der Waals surface area contributed by atoms with Crippen LogP contribution in [-0.4, -0.2) is 17.6 Å². The first kappa shape index (κ1) is 15.4. The first-order valence-corrected chi connectivity index (χ1v) is 6.97. The Bertz CT molecular complexity index is 596. The summed E-state index contributed by atoms with van der Waals surface area (Å²) in [5.41, 5.74) is -0.450. The van der Waals surface area contributed by atoms with Crippen LogP contribution in [0.5, 0.6) is 0 Å². The zero-order valence-corrected chi connectivity index (χ0v) is 12.6. The van der Waals surface area contributed by atoms with Gasteiger partial charge in [-0.25, -0.2) is 0 Å². The quantitative estimate of drug-likeness (QED) is 0.857. The summed E-state index contributed by atoms with van der Waals surface area (Å²) < 4.78 is 10.6. The smallest absolute Gasteiger partial charge is 0.220 e. The van der Waals surface area contributed by atoms with Gasteiger partial charge in [-0.15, -0.1) is 0 Å².